The zero-order valence-corrected chi connectivity index (χ0v) is 8.43. The van der Waals surface area contributed by atoms with E-state index < -0.39 is 30.6 Å². The van der Waals surface area contributed by atoms with Crippen LogP contribution in [0.2, 0.25) is 0 Å². The summed E-state index contributed by atoms with van der Waals surface area (Å²) in [4.78, 5) is 38.5. The number of hydrogen-bond acceptors (Lipinski definition) is 3. The molecule has 0 aromatic rings. The molecule has 0 radical (unpaired) electrons. The Morgan fingerprint density at radius 2 is 1.57 bits per heavy atom. The summed E-state index contributed by atoms with van der Waals surface area (Å²) in [5, 5.41) is 17.2. The van der Waals surface area contributed by atoms with Gasteiger partial charge in [0.25, 0.3) is 0 Å². The van der Waals surface area contributed by atoms with Crippen molar-refractivity contribution >= 4 is 19.5 Å². The molecule has 1 atom stereocenters. The van der Waals surface area contributed by atoms with Gasteiger partial charge in [0.1, 0.15) is 0 Å². The molecule has 0 aromatic heterocycles. The van der Waals surface area contributed by atoms with Crippen LogP contribution in [0.25, 0.3) is 0 Å². The maximum absolute atomic E-state index is 10.8. The monoisotopic (exact) mass is 226 g/mol. The Bertz CT molecular complexity index is 301. The maximum atomic E-state index is 10.8. The van der Waals surface area contributed by atoms with Crippen LogP contribution >= 0.6 is 7.60 Å². The molecule has 0 amide bonds. The topological polar surface area (TPSA) is 132 Å². The Balaban J connectivity index is 5.35. The van der Waals surface area contributed by atoms with Crippen LogP contribution in [0.5, 0.6) is 0 Å². The molecule has 0 bridgehead atoms. The molecule has 4 N–H and O–H groups in total. The molecule has 0 saturated carbocycles. The van der Waals surface area contributed by atoms with Gasteiger partial charge in [-0.15, -0.1) is 0 Å². The lowest BCUT2D eigenvalue weighted by Gasteiger charge is -2.27. The second-order valence-electron chi connectivity index (χ2n) is 3.36. The summed E-state index contributed by atoms with van der Waals surface area (Å²) in [6.45, 7) is 1.90. The summed E-state index contributed by atoms with van der Waals surface area (Å²) < 4.78 is 10.8. The number of carboxylic acids is 2. The van der Waals surface area contributed by atoms with Crippen LogP contribution in [0.1, 0.15) is 13.8 Å². The van der Waals surface area contributed by atoms with Crippen LogP contribution in [-0.2, 0) is 14.2 Å². The van der Waals surface area contributed by atoms with E-state index in [1.165, 1.54) is 0 Å². The van der Waals surface area contributed by atoms with Crippen molar-refractivity contribution in [3.8, 4) is 0 Å². The zero-order valence-electron chi connectivity index (χ0n) is 7.54. The third-order valence-electron chi connectivity index (χ3n) is 1.81. The molecular formula is C6H11O7P. The van der Waals surface area contributed by atoms with E-state index in [2.05, 4.69) is 0 Å². The summed E-state index contributed by atoms with van der Waals surface area (Å²) >= 11 is 0. The zero-order chi connectivity index (χ0) is 11.7. The smallest absolute Gasteiger partial charge is 0.340 e. The largest absolute Gasteiger partial charge is 0.481 e. The molecule has 0 fully saturated rings. The van der Waals surface area contributed by atoms with Crippen molar-refractivity contribution in [1.29, 1.82) is 0 Å². The van der Waals surface area contributed by atoms with Crippen LogP contribution in [0.15, 0.2) is 0 Å². The van der Waals surface area contributed by atoms with Gasteiger partial charge in [-0.3, -0.25) is 14.2 Å². The second-order valence-corrected chi connectivity index (χ2v) is 5.05. The Morgan fingerprint density at radius 1 is 1.21 bits per heavy atom. The van der Waals surface area contributed by atoms with Crippen LogP contribution < -0.4 is 0 Å². The first-order chi connectivity index (χ1) is 6.01. The highest BCUT2D eigenvalue weighted by Crippen LogP contribution is 2.49. The molecule has 0 spiro atoms. The van der Waals surface area contributed by atoms with Crippen LogP contribution in [0.3, 0.4) is 0 Å². The van der Waals surface area contributed by atoms with E-state index >= 15 is 0 Å². The SMILES string of the molecule is CC(C)(C(=O)O)C(C(=O)O)P(=O)(O)O. The van der Waals surface area contributed by atoms with E-state index in [-0.39, 0.29) is 0 Å². The molecule has 14 heavy (non-hydrogen) atoms. The number of carbonyl (C=O) groups is 2. The Hall–Kier alpha value is -0.910. The third kappa shape index (κ3) is 2.54. The highest BCUT2D eigenvalue weighted by molar-refractivity contribution is 7.53. The van der Waals surface area contributed by atoms with E-state index in [4.69, 9.17) is 20.0 Å². The fourth-order valence-corrected chi connectivity index (χ4v) is 2.23. The average molecular weight is 226 g/mol. The van der Waals surface area contributed by atoms with Crippen molar-refractivity contribution in [2.45, 2.75) is 19.5 Å². The number of rotatable bonds is 4. The van der Waals surface area contributed by atoms with E-state index in [1.54, 1.807) is 0 Å². The maximum Gasteiger partial charge on any atom is 0.340 e. The highest BCUT2D eigenvalue weighted by atomic mass is 31.2. The van der Waals surface area contributed by atoms with Gasteiger partial charge in [0.2, 0.25) is 0 Å². The lowest BCUT2D eigenvalue weighted by molar-refractivity contribution is -0.153. The minimum absolute atomic E-state index is 0.952. The minimum atomic E-state index is -4.99. The summed E-state index contributed by atoms with van der Waals surface area (Å²) in [5.41, 5.74) is -4.27. The summed E-state index contributed by atoms with van der Waals surface area (Å²) in [7, 11) is -4.99. The molecule has 0 rings (SSSR count). The average Bonchev–Trinajstić information content (AvgIpc) is 1.79. The van der Waals surface area contributed by atoms with Gasteiger partial charge >= 0.3 is 19.5 Å². The normalized spacial score (nSPS) is 14.9. The molecule has 82 valence electrons. The van der Waals surface area contributed by atoms with Gasteiger partial charge in [-0.2, -0.15) is 0 Å². The Morgan fingerprint density at radius 3 is 1.64 bits per heavy atom. The molecule has 0 heterocycles. The molecule has 0 aromatic carbocycles. The molecule has 8 heteroatoms. The molecular weight excluding hydrogens is 215 g/mol. The minimum Gasteiger partial charge on any atom is -0.481 e. The number of aliphatic carboxylic acids is 2. The van der Waals surface area contributed by atoms with E-state index in [1.807, 2.05) is 0 Å². The molecule has 0 aliphatic heterocycles. The van der Waals surface area contributed by atoms with Crippen molar-refractivity contribution < 1.29 is 34.2 Å². The Labute approximate surface area is 79.5 Å². The lowest BCUT2D eigenvalue weighted by atomic mass is 9.89. The highest BCUT2D eigenvalue weighted by Gasteiger charge is 2.51. The quantitative estimate of drug-likeness (QED) is 0.485. The van der Waals surface area contributed by atoms with Gasteiger partial charge in [0.15, 0.2) is 5.66 Å². The van der Waals surface area contributed by atoms with E-state index in [9.17, 15) is 14.2 Å². The van der Waals surface area contributed by atoms with E-state index in [0.717, 1.165) is 13.8 Å². The van der Waals surface area contributed by atoms with E-state index in [0.29, 0.717) is 0 Å². The number of carboxylic acid groups (broad SMARTS) is 2. The van der Waals surface area contributed by atoms with Crippen molar-refractivity contribution in [3.05, 3.63) is 0 Å². The molecule has 7 nitrogen and oxygen atoms in total. The first kappa shape index (κ1) is 13.1. The van der Waals surface area contributed by atoms with Gasteiger partial charge in [-0.05, 0) is 13.8 Å². The van der Waals surface area contributed by atoms with Gasteiger partial charge in [-0.25, -0.2) is 0 Å². The first-order valence-electron chi connectivity index (χ1n) is 3.52. The molecule has 0 saturated heterocycles. The van der Waals surface area contributed by atoms with Crippen LogP contribution in [0.4, 0.5) is 0 Å². The number of hydrogen-bond donors (Lipinski definition) is 4. The predicted molar refractivity (Wildman–Crippen MR) is 44.9 cm³/mol. The Kier molecular flexibility index (Phi) is 3.44. The van der Waals surface area contributed by atoms with Crippen molar-refractivity contribution in [1.82, 2.24) is 0 Å². The van der Waals surface area contributed by atoms with Gasteiger partial charge in [0.05, 0.1) is 5.41 Å². The lowest BCUT2D eigenvalue weighted by Crippen LogP contribution is -2.42. The summed E-state index contributed by atoms with van der Waals surface area (Å²) in [6.07, 6.45) is 0. The molecule has 1 unspecified atom stereocenters. The predicted octanol–water partition coefficient (Wildman–Crippen LogP) is -0.272. The van der Waals surface area contributed by atoms with Gasteiger partial charge < -0.3 is 20.0 Å². The van der Waals surface area contributed by atoms with Crippen molar-refractivity contribution in [2.24, 2.45) is 5.41 Å². The van der Waals surface area contributed by atoms with Crippen molar-refractivity contribution in [2.75, 3.05) is 0 Å². The fraction of sp³-hybridized carbons (Fsp3) is 0.667. The van der Waals surface area contributed by atoms with Gasteiger partial charge in [0, 0.05) is 0 Å². The fourth-order valence-electron chi connectivity index (χ4n) is 0.990. The van der Waals surface area contributed by atoms with Crippen LogP contribution in [0, 0.1) is 5.41 Å². The van der Waals surface area contributed by atoms with Crippen LogP contribution in [-0.4, -0.2) is 37.6 Å². The second kappa shape index (κ2) is 3.68. The van der Waals surface area contributed by atoms with Gasteiger partial charge in [-0.1, -0.05) is 0 Å². The third-order valence-corrected chi connectivity index (χ3v) is 3.34. The first-order valence-corrected chi connectivity index (χ1v) is 5.21. The standard InChI is InChI=1S/C6H11O7P/c1-6(2,5(9)10)3(4(7)8)14(11,12)13/h3H,1-2H3,(H,7,8)(H,9,10)(H2,11,12,13). The molecule has 0 aliphatic carbocycles. The summed E-state index contributed by atoms with van der Waals surface area (Å²) in [5.74, 6) is -3.40. The van der Waals surface area contributed by atoms with Crippen molar-refractivity contribution in [3.63, 3.8) is 0 Å². The summed E-state index contributed by atoms with van der Waals surface area (Å²) in [6, 6.07) is 0. The molecule has 0 aliphatic rings.